The number of likely N-dealkylation sites (N-methyl/N-ethyl adjacent to an activating group) is 1. The van der Waals surface area contributed by atoms with Crippen molar-refractivity contribution in [3.8, 4) is 0 Å². The molecule has 2 N–H and O–H groups in total. The second-order valence-corrected chi connectivity index (χ2v) is 2.81. The zero-order valence-corrected chi connectivity index (χ0v) is 7.97. The molecule has 5 nitrogen and oxygen atoms in total. The molecule has 0 aromatic carbocycles. The van der Waals surface area contributed by atoms with Gasteiger partial charge in [-0.25, -0.2) is 4.79 Å². The molecule has 1 aromatic rings. The summed E-state index contributed by atoms with van der Waals surface area (Å²) in [5.74, 6) is 0. The largest absolute Gasteiger partial charge is 0.395 e. The number of nitrogens with one attached hydrogen (secondary N) is 1. The molecular weight excluding hydrogens is 182 g/mol. The summed E-state index contributed by atoms with van der Waals surface area (Å²) in [4.78, 5) is 16.6. The van der Waals surface area contributed by atoms with Crippen molar-refractivity contribution in [3.05, 3.63) is 24.5 Å². The van der Waals surface area contributed by atoms with E-state index in [-0.39, 0.29) is 12.6 Å². The van der Waals surface area contributed by atoms with Crippen LogP contribution >= 0.6 is 0 Å². The molecule has 0 saturated heterocycles. The lowest BCUT2D eigenvalue weighted by molar-refractivity contribution is 0.202. The molecule has 0 radical (unpaired) electrons. The van der Waals surface area contributed by atoms with E-state index in [2.05, 4.69) is 10.3 Å². The van der Waals surface area contributed by atoms with E-state index in [1.807, 2.05) is 0 Å². The van der Waals surface area contributed by atoms with E-state index < -0.39 is 0 Å². The minimum Gasteiger partial charge on any atom is -0.395 e. The van der Waals surface area contributed by atoms with E-state index in [4.69, 9.17) is 5.11 Å². The fourth-order valence-corrected chi connectivity index (χ4v) is 0.906. The molecular formula is C9H13N3O2. The van der Waals surface area contributed by atoms with E-state index >= 15 is 0 Å². The van der Waals surface area contributed by atoms with E-state index in [1.165, 1.54) is 4.90 Å². The molecule has 0 saturated carbocycles. The van der Waals surface area contributed by atoms with Crippen molar-refractivity contribution in [1.82, 2.24) is 9.88 Å². The smallest absolute Gasteiger partial charge is 0.321 e. The van der Waals surface area contributed by atoms with Gasteiger partial charge >= 0.3 is 6.03 Å². The number of carbonyl (C=O) groups excluding carboxylic acids is 1. The second-order valence-electron chi connectivity index (χ2n) is 2.81. The van der Waals surface area contributed by atoms with E-state index in [0.29, 0.717) is 12.2 Å². The van der Waals surface area contributed by atoms with Gasteiger partial charge in [0.1, 0.15) is 0 Å². The average molecular weight is 195 g/mol. The van der Waals surface area contributed by atoms with Gasteiger partial charge in [-0.15, -0.1) is 0 Å². The lowest BCUT2D eigenvalue weighted by atomic mass is 10.4. The highest BCUT2D eigenvalue weighted by atomic mass is 16.3. The molecule has 5 heteroatoms. The Balaban J connectivity index is 2.49. The molecule has 2 amide bonds. The number of hydrogen-bond donors (Lipinski definition) is 2. The van der Waals surface area contributed by atoms with Crippen molar-refractivity contribution in [2.75, 3.05) is 25.5 Å². The van der Waals surface area contributed by atoms with Crippen molar-refractivity contribution in [3.63, 3.8) is 0 Å². The number of aliphatic hydroxyl groups is 1. The molecule has 1 rings (SSSR count). The summed E-state index contributed by atoms with van der Waals surface area (Å²) in [6, 6.07) is 3.15. The average Bonchev–Trinajstić information content (AvgIpc) is 2.19. The van der Waals surface area contributed by atoms with Gasteiger partial charge in [-0.3, -0.25) is 4.98 Å². The standard InChI is InChI=1S/C9H13N3O2/c1-12(6-7-13)9(14)11-8-2-4-10-5-3-8/h2-5,13H,6-7H2,1H3,(H,10,11,14). The molecule has 0 unspecified atom stereocenters. The highest BCUT2D eigenvalue weighted by molar-refractivity contribution is 5.88. The number of anilines is 1. The van der Waals surface area contributed by atoms with Crippen molar-refractivity contribution < 1.29 is 9.90 Å². The Morgan fingerprint density at radius 1 is 1.57 bits per heavy atom. The Morgan fingerprint density at radius 3 is 2.79 bits per heavy atom. The fourth-order valence-electron chi connectivity index (χ4n) is 0.906. The first-order chi connectivity index (χ1) is 6.74. The third-order valence-electron chi connectivity index (χ3n) is 1.71. The molecule has 0 spiro atoms. The van der Waals surface area contributed by atoms with Crippen molar-refractivity contribution >= 4 is 11.7 Å². The summed E-state index contributed by atoms with van der Waals surface area (Å²) in [7, 11) is 1.62. The highest BCUT2D eigenvalue weighted by Gasteiger charge is 2.06. The molecule has 0 aliphatic carbocycles. The predicted molar refractivity (Wildman–Crippen MR) is 53.0 cm³/mol. The van der Waals surface area contributed by atoms with E-state index in [9.17, 15) is 4.79 Å². The first kappa shape index (κ1) is 10.5. The van der Waals surface area contributed by atoms with Crippen LogP contribution in [0.3, 0.4) is 0 Å². The van der Waals surface area contributed by atoms with Crippen LogP contribution in [0.2, 0.25) is 0 Å². The van der Waals surface area contributed by atoms with Gasteiger partial charge in [-0.1, -0.05) is 0 Å². The van der Waals surface area contributed by atoms with Crippen molar-refractivity contribution in [2.24, 2.45) is 0 Å². The van der Waals surface area contributed by atoms with Crippen LogP contribution in [0.5, 0.6) is 0 Å². The molecule has 1 heterocycles. The number of aromatic nitrogens is 1. The SMILES string of the molecule is CN(CCO)C(=O)Nc1ccncc1. The summed E-state index contributed by atoms with van der Waals surface area (Å²) in [6.45, 7) is 0.275. The molecule has 0 aliphatic rings. The summed E-state index contributed by atoms with van der Waals surface area (Å²) in [6.07, 6.45) is 3.20. The van der Waals surface area contributed by atoms with Crippen molar-refractivity contribution in [2.45, 2.75) is 0 Å². The Morgan fingerprint density at radius 2 is 2.21 bits per heavy atom. The van der Waals surface area contributed by atoms with Crippen LogP contribution in [-0.4, -0.2) is 41.2 Å². The van der Waals surface area contributed by atoms with Gasteiger partial charge in [0.2, 0.25) is 0 Å². The Bertz CT molecular complexity index is 289. The lowest BCUT2D eigenvalue weighted by Gasteiger charge is -2.16. The van der Waals surface area contributed by atoms with Crippen LogP contribution in [0.15, 0.2) is 24.5 Å². The summed E-state index contributed by atoms with van der Waals surface area (Å²) >= 11 is 0. The van der Waals surface area contributed by atoms with E-state index in [1.54, 1.807) is 31.6 Å². The normalized spacial score (nSPS) is 9.57. The summed E-state index contributed by atoms with van der Waals surface area (Å²) < 4.78 is 0. The van der Waals surface area contributed by atoms with Gasteiger partial charge in [-0.2, -0.15) is 0 Å². The number of carbonyl (C=O) groups is 1. The van der Waals surface area contributed by atoms with Crippen LogP contribution in [0.4, 0.5) is 10.5 Å². The molecule has 1 aromatic heterocycles. The molecule has 0 bridgehead atoms. The topological polar surface area (TPSA) is 65.5 Å². The Kier molecular flexibility index (Phi) is 3.87. The van der Waals surface area contributed by atoms with Crippen LogP contribution in [-0.2, 0) is 0 Å². The minimum absolute atomic E-state index is 0.0414. The first-order valence-corrected chi connectivity index (χ1v) is 4.27. The molecule has 0 atom stereocenters. The van der Waals surface area contributed by atoms with Gasteiger partial charge in [0.25, 0.3) is 0 Å². The molecule has 0 fully saturated rings. The molecule has 76 valence electrons. The zero-order valence-electron chi connectivity index (χ0n) is 7.97. The number of nitrogens with zero attached hydrogens (tertiary/aromatic N) is 2. The fraction of sp³-hybridized carbons (Fsp3) is 0.333. The summed E-state index contributed by atoms with van der Waals surface area (Å²) in [5, 5.41) is 11.3. The number of pyridine rings is 1. The third-order valence-corrected chi connectivity index (χ3v) is 1.71. The van der Waals surface area contributed by atoms with Gasteiger partial charge in [0, 0.05) is 31.7 Å². The molecule has 0 aliphatic heterocycles. The monoisotopic (exact) mass is 195 g/mol. The van der Waals surface area contributed by atoms with Gasteiger partial charge in [0.15, 0.2) is 0 Å². The number of hydrogen-bond acceptors (Lipinski definition) is 3. The predicted octanol–water partition coefficient (Wildman–Crippen LogP) is 0.538. The van der Waals surface area contributed by atoms with Gasteiger partial charge in [-0.05, 0) is 12.1 Å². The highest BCUT2D eigenvalue weighted by Crippen LogP contribution is 2.03. The van der Waals surface area contributed by atoms with Gasteiger partial charge < -0.3 is 15.3 Å². The van der Waals surface area contributed by atoms with Crippen molar-refractivity contribution in [1.29, 1.82) is 0 Å². The molecule has 14 heavy (non-hydrogen) atoms. The maximum absolute atomic E-state index is 11.4. The maximum atomic E-state index is 11.4. The van der Waals surface area contributed by atoms with Crippen LogP contribution in [0.1, 0.15) is 0 Å². The van der Waals surface area contributed by atoms with Crippen LogP contribution in [0, 0.1) is 0 Å². The minimum atomic E-state index is -0.245. The Hall–Kier alpha value is -1.62. The van der Waals surface area contributed by atoms with Crippen LogP contribution in [0.25, 0.3) is 0 Å². The Labute approximate surface area is 82.4 Å². The number of rotatable bonds is 3. The number of amides is 2. The van der Waals surface area contributed by atoms with Crippen LogP contribution < -0.4 is 5.32 Å². The lowest BCUT2D eigenvalue weighted by Crippen LogP contribution is -2.33. The van der Waals surface area contributed by atoms with E-state index in [0.717, 1.165) is 0 Å². The second kappa shape index (κ2) is 5.18. The quantitative estimate of drug-likeness (QED) is 0.739. The third kappa shape index (κ3) is 3.02. The number of urea groups is 1. The zero-order chi connectivity index (χ0) is 10.4. The first-order valence-electron chi connectivity index (χ1n) is 4.27. The van der Waals surface area contributed by atoms with Gasteiger partial charge in [0.05, 0.1) is 6.61 Å². The maximum Gasteiger partial charge on any atom is 0.321 e. The summed E-state index contributed by atoms with van der Waals surface area (Å²) in [5.41, 5.74) is 0.690. The number of aliphatic hydroxyl groups excluding tert-OH is 1.